The first-order chi connectivity index (χ1) is 14.7. The molecule has 5 aromatic rings. The van der Waals surface area contributed by atoms with Crippen LogP contribution >= 0.6 is 23.1 Å². The highest BCUT2D eigenvalue weighted by Gasteiger charge is 2.15. The molecule has 0 radical (unpaired) electrons. The van der Waals surface area contributed by atoms with Crippen LogP contribution in [0.3, 0.4) is 0 Å². The molecular formula is C22H18N6S2. The van der Waals surface area contributed by atoms with Gasteiger partial charge in [-0.2, -0.15) is 4.68 Å². The number of fused-ring (bicyclic) bond motifs is 1. The number of aromatic nitrogens is 6. The van der Waals surface area contributed by atoms with Gasteiger partial charge in [-0.15, -0.1) is 16.4 Å². The minimum Gasteiger partial charge on any atom is -0.227 e. The average molecular weight is 431 g/mol. The fraction of sp³-hybridized carbons (Fsp3) is 0.136. The molecule has 5 rings (SSSR count). The highest BCUT2D eigenvalue weighted by molar-refractivity contribution is 7.98. The molecule has 0 aliphatic rings. The minimum absolute atomic E-state index is 0.603. The van der Waals surface area contributed by atoms with Gasteiger partial charge in [0.1, 0.15) is 5.03 Å². The Balaban J connectivity index is 1.52. The van der Waals surface area contributed by atoms with Crippen LogP contribution < -0.4 is 0 Å². The van der Waals surface area contributed by atoms with Crippen LogP contribution in [0.25, 0.3) is 27.3 Å². The molecule has 0 saturated heterocycles. The summed E-state index contributed by atoms with van der Waals surface area (Å²) < 4.78 is 1.83. The van der Waals surface area contributed by atoms with Crippen LogP contribution in [0.5, 0.6) is 0 Å². The number of hydrogen-bond acceptors (Lipinski definition) is 7. The lowest BCUT2D eigenvalue weighted by Gasteiger charge is -2.11. The van der Waals surface area contributed by atoms with Crippen molar-refractivity contribution in [2.24, 2.45) is 0 Å². The molecule has 0 bridgehead atoms. The second-order valence-corrected chi connectivity index (χ2v) is 8.79. The summed E-state index contributed by atoms with van der Waals surface area (Å²) in [5, 5.41) is 16.5. The molecule has 148 valence electrons. The molecule has 0 unspecified atom stereocenters. The molecule has 3 heterocycles. The first-order valence-corrected chi connectivity index (χ1v) is 11.3. The molecule has 0 fully saturated rings. The van der Waals surface area contributed by atoms with Crippen LogP contribution in [0.4, 0.5) is 0 Å². The maximum atomic E-state index is 4.86. The normalized spacial score (nSPS) is 11.3. The topological polar surface area (TPSA) is 69.4 Å². The lowest BCUT2D eigenvalue weighted by atomic mass is 10.1. The Labute approximate surface area is 182 Å². The van der Waals surface area contributed by atoms with Gasteiger partial charge in [-0.05, 0) is 52.9 Å². The fourth-order valence-corrected chi connectivity index (χ4v) is 5.00. The predicted molar refractivity (Wildman–Crippen MR) is 121 cm³/mol. The van der Waals surface area contributed by atoms with Gasteiger partial charge in [0.15, 0.2) is 11.6 Å². The molecular weight excluding hydrogens is 412 g/mol. The zero-order valence-corrected chi connectivity index (χ0v) is 18.1. The van der Waals surface area contributed by atoms with Crippen molar-refractivity contribution in [1.82, 2.24) is 30.2 Å². The summed E-state index contributed by atoms with van der Waals surface area (Å²) in [7, 11) is 0. The number of rotatable bonds is 5. The van der Waals surface area contributed by atoms with Gasteiger partial charge < -0.3 is 0 Å². The maximum Gasteiger partial charge on any atom is 0.171 e. The molecule has 0 aliphatic carbocycles. The molecule has 0 saturated carbocycles. The summed E-state index contributed by atoms with van der Waals surface area (Å²) in [6.45, 7) is 4.15. The quantitative estimate of drug-likeness (QED) is 0.280. The zero-order valence-electron chi connectivity index (χ0n) is 16.5. The molecule has 0 atom stereocenters. The number of thioether (sulfide) groups is 1. The minimum atomic E-state index is 0.603. The van der Waals surface area contributed by atoms with Crippen molar-refractivity contribution in [3.63, 3.8) is 0 Å². The van der Waals surface area contributed by atoms with Gasteiger partial charge >= 0.3 is 0 Å². The highest BCUT2D eigenvalue weighted by atomic mass is 32.2. The van der Waals surface area contributed by atoms with E-state index in [-0.39, 0.29) is 0 Å². The van der Waals surface area contributed by atoms with Crippen molar-refractivity contribution in [2.75, 3.05) is 0 Å². The molecule has 6 nitrogen and oxygen atoms in total. The van der Waals surface area contributed by atoms with E-state index in [1.54, 1.807) is 23.1 Å². The van der Waals surface area contributed by atoms with Crippen LogP contribution in [0, 0.1) is 13.8 Å². The fourth-order valence-electron chi connectivity index (χ4n) is 3.42. The smallest absolute Gasteiger partial charge is 0.171 e. The molecule has 0 spiro atoms. The Kier molecular flexibility index (Phi) is 5.02. The molecule has 2 aromatic carbocycles. The van der Waals surface area contributed by atoms with E-state index in [2.05, 4.69) is 47.6 Å². The molecule has 8 heteroatoms. The first-order valence-electron chi connectivity index (χ1n) is 9.48. The lowest BCUT2D eigenvalue weighted by Crippen LogP contribution is -2.06. The number of aryl methyl sites for hydroxylation is 2. The van der Waals surface area contributed by atoms with Crippen molar-refractivity contribution in [1.29, 1.82) is 0 Å². The van der Waals surface area contributed by atoms with Gasteiger partial charge in [-0.3, -0.25) is 0 Å². The Morgan fingerprint density at radius 2 is 1.77 bits per heavy atom. The van der Waals surface area contributed by atoms with Crippen LogP contribution in [0.1, 0.15) is 17.0 Å². The predicted octanol–water partition coefficient (Wildman–Crippen LogP) is 5.24. The largest absolute Gasteiger partial charge is 0.227 e. The third-order valence-corrected chi connectivity index (χ3v) is 6.69. The van der Waals surface area contributed by atoms with E-state index in [0.29, 0.717) is 5.75 Å². The molecule has 3 aromatic heterocycles. The van der Waals surface area contributed by atoms with Gasteiger partial charge in [0.25, 0.3) is 0 Å². The summed E-state index contributed by atoms with van der Waals surface area (Å²) in [5.41, 5.74) is 4.25. The highest BCUT2D eigenvalue weighted by Crippen LogP contribution is 2.32. The SMILES string of the molecule is Cc1cccc(C)c1-n1nnnc1CSc1nc(-c2cccs2)nc2ccccc12. The number of para-hydroxylation sites is 2. The second-order valence-electron chi connectivity index (χ2n) is 6.88. The molecule has 0 N–H and O–H groups in total. The second kappa shape index (κ2) is 7.97. The van der Waals surface area contributed by atoms with Crippen molar-refractivity contribution < 1.29 is 0 Å². The van der Waals surface area contributed by atoms with Crippen molar-refractivity contribution in [3.05, 3.63) is 76.9 Å². The third-order valence-electron chi connectivity index (χ3n) is 4.83. The number of thiophene rings is 1. The van der Waals surface area contributed by atoms with E-state index < -0.39 is 0 Å². The average Bonchev–Trinajstić information content (AvgIpc) is 3.44. The Morgan fingerprint density at radius 3 is 2.57 bits per heavy atom. The van der Waals surface area contributed by atoms with Gasteiger partial charge in [0.05, 0.1) is 21.8 Å². The van der Waals surface area contributed by atoms with E-state index in [1.807, 2.05) is 46.5 Å². The number of tetrazole rings is 1. The van der Waals surface area contributed by atoms with Gasteiger partial charge in [-0.1, -0.05) is 54.2 Å². The lowest BCUT2D eigenvalue weighted by molar-refractivity contribution is 0.769. The summed E-state index contributed by atoms with van der Waals surface area (Å²) in [4.78, 5) is 10.7. The number of nitrogens with zero attached hydrogens (tertiary/aromatic N) is 6. The molecule has 0 aliphatic heterocycles. The zero-order chi connectivity index (χ0) is 20.5. The number of benzene rings is 2. The van der Waals surface area contributed by atoms with Crippen LogP contribution in [-0.4, -0.2) is 30.2 Å². The molecule has 30 heavy (non-hydrogen) atoms. The number of hydrogen-bond donors (Lipinski definition) is 0. The van der Waals surface area contributed by atoms with E-state index in [0.717, 1.165) is 49.3 Å². The molecule has 0 amide bonds. The van der Waals surface area contributed by atoms with Gasteiger partial charge in [0, 0.05) is 5.39 Å². The summed E-state index contributed by atoms with van der Waals surface area (Å²) in [6, 6.07) is 18.4. The third kappa shape index (κ3) is 3.48. The summed E-state index contributed by atoms with van der Waals surface area (Å²) >= 11 is 3.27. The monoisotopic (exact) mass is 430 g/mol. The van der Waals surface area contributed by atoms with E-state index in [9.17, 15) is 0 Å². The van der Waals surface area contributed by atoms with Crippen LogP contribution in [-0.2, 0) is 5.75 Å². The van der Waals surface area contributed by atoms with E-state index in [1.165, 1.54) is 0 Å². The van der Waals surface area contributed by atoms with Crippen LogP contribution in [0.15, 0.2) is 65.0 Å². The summed E-state index contributed by atoms with van der Waals surface area (Å²) in [6.07, 6.45) is 0. The Morgan fingerprint density at radius 1 is 0.933 bits per heavy atom. The first kappa shape index (κ1) is 18.9. The van der Waals surface area contributed by atoms with Crippen LogP contribution in [0.2, 0.25) is 0 Å². The van der Waals surface area contributed by atoms with E-state index in [4.69, 9.17) is 9.97 Å². The maximum absolute atomic E-state index is 4.86. The van der Waals surface area contributed by atoms with Crippen molar-refractivity contribution in [3.8, 4) is 16.4 Å². The van der Waals surface area contributed by atoms with Gasteiger partial charge in [-0.25, -0.2) is 9.97 Å². The Bertz CT molecular complexity index is 1310. The van der Waals surface area contributed by atoms with Gasteiger partial charge in [0.2, 0.25) is 0 Å². The standard InChI is InChI=1S/C22H18N6S2/c1-14-7-5-8-15(2)20(14)28-19(25-26-27-28)13-30-22-16-9-3-4-10-17(16)23-21(24-22)18-11-6-12-29-18/h3-12H,13H2,1-2H3. The summed E-state index contributed by atoms with van der Waals surface area (Å²) in [5.74, 6) is 2.14. The van der Waals surface area contributed by atoms with Crippen molar-refractivity contribution in [2.45, 2.75) is 24.6 Å². The van der Waals surface area contributed by atoms with E-state index >= 15 is 0 Å². The Hall–Kier alpha value is -3.10. The van der Waals surface area contributed by atoms with Crippen molar-refractivity contribution >= 4 is 34.0 Å².